The third kappa shape index (κ3) is 3.19. The van der Waals surface area contributed by atoms with Gasteiger partial charge in [0, 0.05) is 4.47 Å². The van der Waals surface area contributed by atoms with E-state index >= 15 is 0 Å². The van der Waals surface area contributed by atoms with E-state index in [1.54, 1.807) is 26.0 Å². The van der Waals surface area contributed by atoms with Gasteiger partial charge in [-0.2, -0.15) is 0 Å². The van der Waals surface area contributed by atoms with Crippen LogP contribution in [0.1, 0.15) is 11.1 Å². The number of aryl methyl sites for hydroxylation is 2. The van der Waals surface area contributed by atoms with Gasteiger partial charge < -0.3 is 5.73 Å². The van der Waals surface area contributed by atoms with Crippen LogP contribution in [0.15, 0.2) is 39.7 Å². The average Bonchev–Trinajstić information content (AvgIpc) is 2.33. The lowest BCUT2D eigenvalue weighted by atomic mass is 10.1. The van der Waals surface area contributed by atoms with Gasteiger partial charge >= 0.3 is 0 Å². The lowest BCUT2D eigenvalue weighted by Gasteiger charge is -2.15. The second-order valence-electron chi connectivity index (χ2n) is 4.68. The number of benzene rings is 2. The first-order valence-electron chi connectivity index (χ1n) is 6.06. The van der Waals surface area contributed by atoms with E-state index in [0.717, 1.165) is 21.7 Å². The normalized spacial score (nSPS) is 11.4. The van der Waals surface area contributed by atoms with Crippen molar-refractivity contribution in [2.45, 2.75) is 18.7 Å². The summed E-state index contributed by atoms with van der Waals surface area (Å²) in [5.41, 5.74) is 7.33. The number of hydrogen-bond donors (Lipinski definition) is 2. The fourth-order valence-corrected chi connectivity index (χ4v) is 4.15. The van der Waals surface area contributed by atoms with Gasteiger partial charge in [0.1, 0.15) is 10.7 Å². The van der Waals surface area contributed by atoms with Crippen molar-refractivity contribution in [1.82, 2.24) is 0 Å². The topological polar surface area (TPSA) is 72.2 Å². The fraction of sp³-hybridized carbons (Fsp3) is 0.143. The summed E-state index contributed by atoms with van der Waals surface area (Å²) in [5, 5.41) is 0. The lowest BCUT2D eigenvalue weighted by Crippen LogP contribution is -2.18. The van der Waals surface area contributed by atoms with Gasteiger partial charge in [-0.1, -0.05) is 22.0 Å². The maximum atomic E-state index is 13.8. The highest BCUT2D eigenvalue weighted by Crippen LogP contribution is 2.29. The standard InChI is InChI=1S/C14H14BrFN2O2S/c1-8-6-10(15)7-9(2)13(8)18-21(19,20)14-11(16)4-3-5-12(14)17/h3-7,18H,17H2,1-2H3. The van der Waals surface area contributed by atoms with E-state index < -0.39 is 20.7 Å². The molecule has 112 valence electrons. The van der Waals surface area contributed by atoms with Gasteiger partial charge in [0.05, 0.1) is 11.4 Å². The minimum atomic E-state index is -4.10. The van der Waals surface area contributed by atoms with Crippen LogP contribution < -0.4 is 10.5 Å². The molecule has 0 unspecified atom stereocenters. The molecule has 0 atom stereocenters. The Kier molecular flexibility index (Phi) is 4.25. The fourth-order valence-electron chi connectivity index (χ4n) is 2.07. The smallest absolute Gasteiger partial charge is 0.266 e. The van der Waals surface area contributed by atoms with E-state index in [1.165, 1.54) is 12.1 Å². The number of hydrogen-bond acceptors (Lipinski definition) is 3. The highest BCUT2D eigenvalue weighted by Gasteiger charge is 2.23. The van der Waals surface area contributed by atoms with Crippen molar-refractivity contribution in [2.24, 2.45) is 0 Å². The molecule has 2 rings (SSSR count). The number of nitrogens with two attached hydrogens (primary N) is 1. The molecule has 0 fully saturated rings. The molecule has 0 aliphatic heterocycles. The molecule has 2 aromatic rings. The molecule has 0 aromatic heterocycles. The van der Waals surface area contributed by atoms with Crippen LogP contribution in [0.2, 0.25) is 0 Å². The number of nitrogens with one attached hydrogen (secondary N) is 1. The molecular weight excluding hydrogens is 359 g/mol. The van der Waals surface area contributed by atoms with E-state index in [9.17, 15) is 12.8 Å². The van der Waals surface area contributed by atoms with Gasteiger partial charge in [-0.05, 0) is 49.2 Å². The molecular formula is C14H14BrFN2O2S. The lowest BCUT2D eigenvalue weighted by molar-refractivity contribution is 0.571. The zero-order valence-corrected chi connectivity index (χ0v) is 13.8. The molecule has 0 spiro atoms. The maximum absolute atomic E-state index is 13.8. The van der Waals surface area contributed by atoms with E-state index in [4.69, 9.17) is 5.73 Å². The molecule has 4 nitrogen and oxygen atoms in total. The predicted octanol–water partition coefficient (Wildman–Crippen LogP) is 3.59. The molecule has 0 amide bonds. The van der Waals surface area contributed by atoms with Gasteiger partial charge in [0.25, 0.3) is 10.0 Å². The van der Waals surface area contributed by atoms with Crippen LogP contribution in [0.25, 0.3) is 0 Å². The van der Waals surface area contributed by atoms with Crippen LogP contribution in [0.5, 0.6) is 0 Å². The third-order valence-electron chi connectivity index (χ3n) is 3.00. The number of sulfonamides is 1. The van der Waals surface area contributed by atoms with Crippen LogP contribution >= 0.6 is 15.9 Å². The molecule has 3 N–H and O–H groups in total. The molecule has 0 saturated carbocycles. The molecule has 0 bridgehead atoms. The van der Waals surface area contributed by atoms with Crippen LogP contribution in [0.3, 0.4) is 0 Å². The second-order valence-corrected chi connectivity index (χ2v) is 7.21. The monoisotopic (exact) mass is 372 g/mol. The molecule has 0 heterocycles. The van der Waals surface area contributed by atoms with Gasteiger partial charge in [0.15, 0.2) is 0 Å². The molecule has 0 saturated heterocycles. The molecule has 21 heavy (non-hydrogen) atoms. The van der Waals surface area contributed by atoms with E-state index in [1.807, 2.05) is 0 Å². The number of rotatable bonds is 3. The third-order valence-corrected chi connectivity index (χ3v) is 4.90. The Balaban J connectivity index is 2.53. The molecule has 0 aliphatic carbocycles. The van der Waals surface area contributed by atoms with E-state index in [2.05, 4.69) is 20.7 Å². The minimum Gasteiger partial charge on any atom is -0.398 e. The maximum Gasteiger partial charge on any atom is 0.266 e. The summed E-state index contributed by atoms with van der Waals surface area (Å²) in [4.78, 5) is -0.535. The summed E-state index contributed by atoms with van der Waals surface area (Å²) in [6.45, 7) is 3.53. The van der Waals surface area contributed by atoms with Crippen molar-refractivity contribution in [3.8, 4) is 0 Å². The molecule has 0 radical (unpaired) electrons. The first-order chi connectivity index (χ1) is 9.72. The van der Waals surface area contributed by atoms with Crippen molar-refractivity contribution < 1.29 is 12.8 Å². The Morgan fingerprint density at radius 2 is 1.76 bits per heavy atom. The van der Waals surface area contributed by atoms with Gasteiger partial charge in [-0.25, -0.2) is 12.8 Å². The van der Waals surface area contributed by atoms with Crippen molar-refractivity contribution in [2.75, 3.05) is 10.5 Å². The van der Waals surface area contributed by atoms with Gasteiger partial charge in [0.2, 0.25) is 0 Å². The Labute approximate surface area is 131 Å². The summed E-state index contributed by atoms with van der Waals surface area (Å²) in [5.74, 6) is -0.880. The second kappa shape index (κ2) is 5.65. The van der Waals surface area contributed by atoms with Gasteiger partial charge in [-0.3, -0.25) is 4.72 Å². The summed E-state index contributed by atoms with van der Waals surface area (Å²) in [6, 6.07) is 7.32. The first kappa shape index (κ1) is 15.8. The quantitative estimate of drug-likeness (QED) is 0.808. The van der Waals surface area contributed by atoms with Crippen LogP contribution in [0.4, 0.5) is 15.8 Å². The highest BCUT2D eigenvalue weighted by molar-refractivity contribution is 9.10. The minimum absolute atomic E-state index is 0.130. The molecule has 2 aromatic carbocycles. The Morgan fingerprint density at radius 1 is 1.19 bits per heavy atom. The van der Waals surface area contributed by atoms with Gasteiger partial charge in [-0.15, -0.1) is 0 Å². The summed E-state index contributed by atoms with van der Waals surface area (Å²) < 4.78 is 41.8. The first-order valence-corrected chi connectivity index (χ1v) is 8.33. The summed E-state index contributed by atoms with van der Waals surface area (Å²) in [7, 11) is -4.10. The van der Waals surface area contributed by atoms with Crippen molar-refractivity contribution in [3.63, 3.8) is 0 Å². The highest BCUT2D eigenvalue weighted by atomic mass is 79.9. The van der Waals surface area contributed by atoms with Crippen LogP contribution in [0, 0.1) is 19.7 Å². The number of anilines is 2. The SMILES string of the molecule is Cc1cc(Br)cc(C)c1NS(=O)(=O)c1c(N)cccc1F. The Hall–Kier alpha value is -1.60. The van der Waals surface area contributed by atoms with Crippen molar-refractivity contribution in [3.05, 3.63) is 51.7 Å². The zero-order valence-electron chi connectivity index (χ0n) is 11.4. The summed E-state index contributed by atoms with van der Waals surface area (Å²) >= 11 is 3.34. The number of nitrogen functional groups attached to an aromatic ring is 1. The number of halogens is 2. The van der Waals surface area contributed by atoms with Crippen molar-refractivity contribution >= 4 is 37.3 Å². The van der Waals surface area contributed by atoms with Crippen LogP contribution in [-0.2, 0) is 10.0 Å². The van der Waals surface area contributed by atoms with E-state index in [0.29, 0.717) is 5.69 Å². The van der Waals surface area contributed by atoms with E-state index in [-0.39, 0.29) is 5.69 Å². The largest absolute Gasteiger partial charge is 0.398 e. The Bertz CT molecular complexity index is 763. The zero-order chi connectivity index (χ0) is 15.8. The molecule has 7 heteroatoms. The van der Waals surface area contributed by atoms with Crippen molar-refractivity contribution in [1.29, 1.82) is 0 Å². The summed E-state index contributed by atoms with van der Waals surface area (Å²) in [6.07, 6.45) is 0. The molecule has 0 aliphatic rings. The Morgan fingerprint density at radius 3 is 2.29 bits per heavy atom. The van der Waals surface area contributed by atoms with Crippen LogP contribution in [-0.4, -0.2) is 8.42 Å². The average molecular weight is 373 g/mol. The predicted molar refractivity (Wildman–Crippen MR) is 85.2 cm³/mol.